The first kappa shape index (κ1) is 8.57. The van der Waals surface area contributed by atoms with E-state index in [4.69, 9.17) is 16.3 Å². The number of carbonyl (C=O) groups is 1. The molecule has 68 valence electrons. The fourth-order valence-electron chi connectivity index (χ4n) is 1.39. The van der Waals surface area contributed by atoms with Gasteiger partial charge < -0.3 is 4.74 Å². The summed E-state index contributed by atoms with van der Waals surface area (Å²) >= 11 is 5.15. The van der Waals surface area contributed by atoms with Crippen molar-refractivity contribution < 1.29 is 9.53 Å². The fourth-order valence-corrected chi connectivity index (χ4v) is 1.47. The molecule has 2 nitrogen and oxygen atoms in total. The SMILES string of the molecule is O=C(Cl)Oc1ccccc1C1CC1. The van der Waals surface area contributed by atoms with Gasteiger partial charge in [0.25, 0.3) is 0 Å². The zero-order chi connectivity index (χ0) is 9.26. The Bertz CT molecular complexity index is 331. The van der Waals surface area contributed by atoms with Crippen LogP contribution in [0.4, 0.5) is 4.79 Å². The fraction of sp³-hybridized carbons (Fsp3) is 0.300. The van der Waals surface area contributed by atoms with Gasteiger partial charge in [0, 0.05) is 11.6 Å². The Hall–Kier alpha value is -1.02. The monoisotopic (exact) mass is 196 g/mol. The Morgan fingerprint density at radius 2 is 2.08 bits per heavy atom. The molecule has 0 aliphatic heterocycles. The normalized spacial score (nSPS) is 15.5. The minimum atomic E-state index is -0.770. The molecule has 1 aliphatic carbocycles. The Labute approximate surface area is 81.5 Å². The number of benzene rings is 1. The summed E-state index contributed by atoms with van der Waals surface area (Å²) in [6.07, 6.45) is 2.35. The first-order chi connectivity index (χ1) is 6.27. The number of carbonyl (C=O) groups excluding carboxylic acids is 1. The van der Waals surface area contributed by atoms with E-state index in [1.54, 1.807) is 6.07 Å². The van der Waals surface area contributed by atoms with Crippen LogP contribution >= 0.6 is 11.6 Å². The largest absolute Gasteiger partial charge is 0.414 e. The van der Waals surface area contributed by atoms with Gasteiger partial charge >= 0.3 is 5.43 Å². The van der Waals surface area contributed by atoms with Crippen LogP contribution in [0.3, 0.4) is 0 Å². The molecule has 1 fully saturated rings. The van der Waals surface area contributed by atoms with E-state index >= 15 is 0 Å². The van der Waals surface area contributed by atoms with Crippen LogP contribution in [0.1, 0.15) is 24.3 Å². The first-order valence-corrected chi connectivity index (χ1v) is 4.61. The highest BCUT2D eigenvalue weighted by Crippen LogP contribution is 2.44. The van der Waals surface area contributed by atoms with E-state index in [0.717, 1.165) is 5.56 Å². The maximum atomic E-state index is 10.6. The van der Waals surface area contributed by atoms with Crippen LogP contribution in [0.15, 0.2) is 24.3 Å². The van der Waals surface area contributed by atoms with Crippen molar-refractivity contribution >= 4 is 17.0 Å². The van der Waals surface area contributed by atoms with Gasteiger partial charge in [-0.2, -0.15) is 0 Å². The molecule has 1 aromatic carbocycles. The molecular formula is C10H9ClO2. The lowest BCUT2D eigenvalue weighted by Crippen LogP contribution is -1.98. The molecular weight excluding hydrogens is 188 g/mol. The van der Waals surface area contributed by atoms with Crippen LogP contribution in [0.2, 0.25) is 0 Å². The van der Waals surface area contributed by atoms with Crippen LogP contribution in [-0.4, -0.2) is 5.43 Å². The summed E-state index contributed by atoms with van der Waals surface area (Å²) in [5, 5.41) is 0. The lowest BCUT2D eigenvalue weighted by atomic mass is 10.1. The molecule has 1 aromatic rings. The Morgan fingerprint density at radius 3 is 2.69 bits per heavy atom. The minimum Gasteiger partial charge on any atom is -0.414 e. The van der Waals surface area contributed by atoms with Gasteiger partial charge in [0.1, 0.15) is 5.75 Å². The molecule has 2 rings (SSSR count). The van der Waals surface area contributed by atoms with Gasteiger partial charge in [-0.3, -0.25) is 0 Å². The standard InChI is InChI=1S/C10H9ClO2/c11-10(12)13-9-4-2-1-3-8(9)7-5-6-7/h1-4,7H,5-6H2. The molecule has 0 spiro atoms. The van der Waals surface area contributed by atoms with Crippen molar-refractivity contribution in [1.29, 1.82) is 0 Å². The van der Waals surface area contributed by atoms with Gasteiger partial charge in [-0.1, -0.05) is 18.2 Å². The number of hydrogen-bond donors (Lipinski definition) is 0. The third-order valence-corrected chi connectivity index (χ3v) is 2.20. The Kier molecular flexibility index (Phi) is 2.23. The predicted molar refractivity (Wildman–Crippen MR) is 50.3 cm³/mol. The third-order valence-electron chi connectivity index (χ3n) is 2.13. The molecule has 0 bridgehead atoms. The number of halogens is 1. The van der Waals surface area contributed by atoms with Crippen molar-refractivity contribution in [3.8, 4) is 5.75 Å². The van der Waals surface area contributed by atoms with Crippen molar-refractivity contribution in [3.63, 3.8) is 0 Å². The third kappa shape index (κ3) is 2.01. The number of ether oxygens (including phenoxy) is 1. The molecule has 1 saturated carbocycles. The van der Waals surface area contributed by atoms with E-state index in [1.165, 1.54) is 12.8 Å². The van der Waals surface area contributed by atoms with E-state index in [2.05, 4.69) is 0 Å². The van der Waals surface area contributed by atoms with Crippen molar-refractivity contribution in [2.24, 2.45) is 0 Å². The Balaban J connectivity index is 2.26. The quantitative estimate of drug-likeness (QED) is 0.679. The summed E-state index contributed by atoms with van der Waals surface area (Å²) in [7, 11) is 0. The molecule has 0 radical (unpaired) electrons. The van der Waals surface area contributed by atoms with E-state index < -0.39 is 5.43 Å². The van der Waals surface area contributed by atoms with Crippen LogP contribution in [0, 0.1) is 0 Å². The minimum absolute atomic E-state index is 0.562. The summed E-state index contributed by atoms with van der Waals surface area (Å²) in [6, 6.07) is 7.53. The van der Waals surface area contributed by atoms with Crippen molar-refractivity contribution in [1.82, 2.24) is 0 Å². The second-order valence-corrected chi connectivity index (χ2v) is 3.46. The summed E-state index contributed by atoms with van der Waals surface area (Å²) in [6.45, 7) is 0. The number of hydrogen-bond acceptors (Lipinski definition) is 2. The van der Waals surface area contributed by atoms with Crippen LogP contribution in [0.5, 0.6) is 5.75 Å². The highest BCUT2D eigenvalue weighted by Gasteiger charge is 2.26. The molecule has 1 aliphatic rings. The molecule has 0 N–H and O–H groups in total. The van der Waals surface area contributed by atoms with Gasteiger partial charge in [-0.05, 0) is 30.4 Å². The van der Waals surface area contributed by atoms with Crippen LogP contribution in [-0.2, 0) is 0 Å². The molecule has 0 aromatic heterocycles. The molecule has 0 unspecified atom stereocenters. The van der Waals surface area contributed by atoms with Crippen molar-refractivity contribution in [2.45, 2.75) is 18.8 Å². The summed E-state index contributed by atoms with van der Waals surface area (Å²) < 4.78 is 4.87. The first-order valence-electron chi connectivity index (χ1n) is 4.23. The lowest BCUT2D eigenvalue weighted by Gasteiger charge is -2.05. The molecule has 0 heterocycles. The van der Waals surface area contributed by atoms with Gasteiger partial charge in [0.05, 0.1) is 0 Å². The average Bonchev–Trinajstić information content (AvgIpc) is 2.87. The maximum Gasteiger partial charge on any atom is 0.409 e. The van der Waals surface area contributed by atoms with Crippen molar-refractivity contribution in [2.75, 3.05) is 0 Å². The lowest BCUT2D eigenvalue weighted by molar-refractivity contribution is 0.225. The van der Waals surface area contributed by atoms with Crippen LogP contribution < -0.4 is 4.74 Å². The highest BCUT2D eigenvalue weighted by atomic mass is 35.5. The second kappa shape index (κ2) is 3.38. The molecule has 13 heavy (non-hydrogen) atoms. The molecule has 3 heteroatoms. The molecule has 0 amide bonds. The van der Waals surface area contributed by atoms with E-state index in [9.17, 15) is 4.79 Å². The van der Waals surface area contributed by atoms with Gasteiger partial charge in [-0.15, -0.1) is 0 Å². The summed E-state index contributed by atoms with van der Waals surface area (Å²) in [5.41, 5.74) is 0.324. The van der Waals surface area contributed by atoms with Crippen molar-refractivity contribution in [3.05, 3.63) is 29.8 Å². The summed E-state index contributed by atoms with van der Waals surface area (Å²) in [5.74, 6) is 1.16. The predicted octanol–water partition coefficient (Wildman–Crippen LogP) is 3.30. The smallest absolute Gasteiger partial charge is 0.409 e. The summed E-state index contributed by atoms with van der Waals surface area (Å²) in [4.78, 5) is 10.6. The molecule has 0 saturated heterocycles. The number of rotatable bonds is 2. The van der Waals surface area contributed by atoms with Gasteiger partial charge in [0.2, 0.25) is 0 Å². The average molecular weight is 197 g/mol. The highest BCUT2D eigenvalue weighted by molar-refractivity contribution is 6.61. The molecule has 0 atom stereocenters. The maximum absolute atomic E-state index is 10.6. The van der Waals surface area contributed by atoms with E-state index in [0.29, 0.717) is 11.7 Å². The zero-order valence-corrected chi connectivity index (χ0v) is 7.75. The van der Waals surface area contributed by atoms with Crippen LogP contribution in [0.25, 0.3) is 0 Å². The topological polar surface area (TPSA) is 26.3 Å². The van der Waals surface area contributed by atoms with E-state index in [1.807, 2.05) is 18.2 Å². The van der Waals surface area contributed by atoms with Gasteiger partial charge in [-0.25, -0.2) is 4.79 Å². The number of para-hydroxylation sites is 1. The second-order valence-electron chi connectivity index (χ2n) is 3.15. The Morgan fingerprint density at radius 1 is 1.38 bits per heavy atom. The van der Waals surface area contributed by atoms with Gasteiger partial charge in [0.15, 0.2) is 0 Å². The van der Waals surface area contributed by atoms with E-state index in [-0.39, 0.29) is 0 Å². The zero-order valence-electron chi connectivity index (χ0n) is 7.00.